The Labute approximate surface area is 182 Å². The highest BCUT2D eigenvalue weighted by Gasteiger charge is 2.14. The summed E-state index contributed by atoms with van der Waals surface area (Å²) in [5.41, 5.74) is 1.28. The van der Waals surface area contributed by atoms with Crippen molar-refractivity contribution in [2.45, 2.75) is 5.16 Å². The standard InChI is InChI=1S/C22H18FN5O2S/c23-16-8-6-15(7-9-16)21-26-27-22(28(21)24)31-14-20(29)25-17-10-12-19(13-11-17)30-18-4-2-1-3-5-18/h1-13H,14,24H2,(H,25,29). The van der Waals surface area contributed by atoms with Gasteiger partial charge in [0.05, 0.1) is 5.75 Å². The summed E-state index contributed by atoms with van der Waals surface area (Å²) < 4.78 is 20.1. The number of ether oxygens (including phenoxy) is 1. The van der Waals surface area contributed by atoms with Crippen LogP contribution in [0.1, 0.15) is 0 Å². The molecule has 0 aliphatic carbocycles. The van der Waals surface area contributed by atoms with Crippen LogP contribution < -0.4 is 15.9 Å². The van der Waals surface area contributed by atoms with Gasteiger partial charge in [0.25, 0.3) is 0 Å². The van der Waals surface area contributed by atoms with E-state index in [1.165, 1.54) is 16.8 Å². The topological polar surface area (TPSA) is 95.1 Å². The normalized spacial score (nSPS) is 10.6. The van der Waals surface area contributed by atoms with E-state index in [2.05, 4.69) is 15.5 Å². The van der Waals surface area contributed by atoms with E-state index in [0.717, 1.165) is 17.5 Å². The molecule has 0 bridgehead atoms. The second kappa shape index (κ2) is 9.31. The minimum absolute atomic E-state index is 0.0982. The van der Waals surface area contributed by atoms with E-state index < -0.39 is 0 Å². The van der Waals surface area contributed by atoms with Gasteiger partial charge < -0.3 is 15.9 Å². The molecule has 4 aromatic rings. The molecular formula is C22H18FN5O2S. The summed E-state index contributed by atoms with van der Waals surface area (Å²) >= 11 is 1.15. The molecule has 0 aliphatic heterocycles. The maximum absolute atomic E-state index is 13.1. The molecule has 1 heterocycles. The Balaban J connectivity index is 1.32. The van der Waals surface area contributed by atoms with Crippen LogP contribution >= 0.6 is 11.8 Å². The van der Waals surface area contributed by atoms with Gasteiger partial charge in [0.15, 0.2) is 5.82 Å². The fourth-order valence-corrected chi connectivity index (χ4v) is 3.39. The van der Waals surface area contributed by atoms with E-state index in [1.54, 1.807) is 36.4 Å². The maximum atomic E-state index is 13.1. The number of nitrogens with zero attached hydrogens (tertiary/aromatic N) is 3. The van der Waals surface area contributed by atoms with E-state index in [9.17, 15) is 9.18 Å². The number of carbonyl (C=O) groups is 1. The summed E-state index contributed by atoms with van der Waals surface area (Å²) in [6.07, 6.45) is 0. The monoisotopic (exact) mass is 435 g/mol. The number of thioether (sulfide) groups is 1. The largest absolute Gasteiger partial charge is 0.457 e. The Morgan fingerprint density at radius 2 is 1.65 bits per heavy atom. The quantitative estimate of drug-likeness (QED) is 0.332. The average Bonchev–Trinajstić information content (AvgIpc) is 3.15. The lowest BCUT2D eigenvalue weighted by molar-refractivity contribution is -0.113. The van der Waals surface area contributed by atoms with Crippen molar-refractivity contribution in [3.8, 4) is 22.9 Å². The highest BCUT2D eigenvalue weighted by atomic mass is 32.2. The Morgan fingerprint density at radius 1 is 0.968 bits per heavy atom. The highest BCUT2D eigenvalue weighted by Crippen LogP contribution is 2.24. The van der Waals surface area contributed by atoms with Gasteiger partial charge in [0.2, 0.25) is 11.1 Å². The number of hydrogen-bond acceptors (Lipinski definition) is 6. The number of anilines is 1. The third kappa shape index (κ3) is 5.20. The molecule has 31 heavy (non-hydrogen) atoms. The summed E-state index contributed by atoms with van der Waals surface area (Å²) in [4.78, 5) is 12.3. The number of nitrogen functional groups attached to an aromatic ring is 1. The molecule has 3 aromatic carbocycles. The smallest absolute Gasteiger partial charge is 0.234 e. The molecule has 0 radical (unpaired) electrons. The molecule has 1 amide bonds. The minimum Gasteiger partial charge on any atom is -0.457 e. The van der Waals surface area contributed by atoms with E-state index in [1.807, 2.05) is 30.3 Å². The first-order valence-electron chi connectivity index (χ1n) is 9.30. The van der Waals surface area contributed by atoms with Crippen molar-refractivity contribution in [2.24, 2.45) is 0 Å². The Morgan fingerprint density at radius 3 is 2.35 bits per heavy atom. The number of hydrogen-bond donors (Lipinski definition) is 2. The zero-order valence-electron chi connectivity index (χ0n) is 16.2. The van der Waals surface area contributed by atoms with Crippen LogP contribution in [0, 0.1) is 5.82 Å². The van der Waals surface area contributed by atoms with Crippen molar-refractivity contribution in [1.82, 2.24) is 14.9 Å². The van der Waals surface area contributed by atoms with Crippen molar-refractivity contribution in [3.63, 3.8) is 0 Å². The van der Waals surface area contributed by atoms with Gasteiger partial charge in [-0.2, -0.15) is 0 Å². The number of aromatic nitrogens is 3. The van der Waals surface area contributed by atoms with Crippen molar-refractivity contribution in [1.29, 1.82) is 0 Å². The van der Waals surface area contributed by atoms with Gasteiger partial charge in [-0.25, -0.2) is 9.07 Å². The predicted octanol–water partition coefficient (Wildman–Crippen LogP) is 4.32. The van der Waals surface area contributed by atoms with Gasteiger partial charge in [-0.15, -0.1) is 10.2 Å². The lowest BCUT2D eigenvalue weighted by Gasteiger charge is -2.08. The molecule has 4 rings (SSSR count). The fourth-order valence-electron chi connectivity index (χ4n) is 2.73. The molecule has 156 valence electrons. The van der Waals surface area contributed by atoms with Crippen molar-refractivity contribution in [2.75, 3.05) is 16.9 Å². The summed E-state index contributed by atoms with van der Waals surface area (Å²) in [6, 6.07) is 22.3. The summed E-state index contributed by atoms with van der Waals surface area (Å²) in [6.45, 7) is 0. The number of nitrogens with two attached hydrogens (primary N) is 1. The first kappa shape index (κ1) is 20.4. The molecule has 0 saturated heterocycles. The lowest BCUT2D eigenvalue weighted by Crippen LogP contribution is -2.16. The summed E-state index contributed by atoms with van der Waals surface area (Å²) in [5.74, 6) is 7.35. The second-order valence-corrected chi connectivity index (χ2v) is 7.40. The molecule has 0 aliphatic rings. The van der Waals surface area contributed by atoms with Gasteiger partial charge in [-0.3, -0.25) is 4.79 Å². The van der Waals surface area contributed by atoms with Crippen molar-refractivity contribution >= 4 is 23.4 Å². The van der Waals surface area contributed by atoms with Crippen LogP contribution in [-0.4, -0.2) is 26.5 Å². The van der Waals surface area contributed by atoms with Gasteiger partial charge in [-0.05, 0) is 60.7 Å². The SMILES string of the molecule is Nn1c(SCC(=O)Nc2ccc(Oc3ccccc3)cc2)nnc1-c1ccc(F)cc1. The van der Waals surface area contributed by atoms with Crippen LogP contribution in [-0.2, 0) is 4.79 Å². The number of rotatable bonds is 7. The van der Waals surface area contributed by atoms with E-state index in [4.69, 9.17) is 10.6 Å². The van der Waals surface area contributed by atoms with E-state index in [0.29, 0.717) is 28.0 Å². The molecule has 9 heteroatoms. The first-order chi connectivity index (χ1) is 15.1. The number of para-hydroxylation sites is 1. The lowest BCUT2D eigenvalue weighted by atomic mass is 10.2. The van der Waals surface area contributed by atoms with Crippen LogP contribution in [0.4, 0.5) is 10.1 Å². The molecule has 7 nitrogen and oxygen atoms in total. The minimum atomic E-state index is -0.349. The Hall–Kier alpha value is -3.85. The molecule has 0 fully saturated rings. The average molecular weight is 435 g/mol. The maximum Gasteiger partial charge on any atom is 0.234 e. The van der Waals surface area contributed by atoms with Crippen LogP contribution in [0.25, 0.3) is 11.4 Å². The van der Waals surface area contributed by atoms with Gasteiger partial charge in [-0.1, -0.05) is 30.0 Å². The summed E-state index contributed by atoms with van der Waals surface area (Å²) in [7, 11) is 0. The number of nitrogens with one attached hydrogen (secondary N) is 1. The molecule has 0 spiro atoms. The van der Waals surface area contributed by atoms with Gasteiger partial charge in [0.1, 0.15) is 17.3 Å². The summed E-state index contributed by atoms with van der Waals surface area (Å²) in [5, 5.41) is 11.2. The van der Waals surface area contributed by atoms with E-state index in [-0.39, 0.29) is 17.5 Å². The number of halogens is 1. The highest BCUT2D eigenvalue weighted by molar-refractivity contribution is 7.99. The predicted molar refractivity (Wildman–Crippen MR) is 118 cm³/mol. The van der Waals surface area contributed by atoms with Crippen LogP contribution in [0.5, 0.6) is 11.5 Å². The Bertz CT molecular complexity index is 1160. The molecule has 3 N–H and O–H groups in total. The second-order valence-electron chi connectivity index (χ2n) is 6.46. The van der Waals surface area contributed by atoms with Crippen LogP contribution in [0.2, 0.25) is 0 Å². The first-order valence-corrected chi connectivity index (χ1v) is 10.3. The zero-order valence-corrected chi connectivity index (χ0v) is 17.1. The molecule has 0 saturated carbocycles. The third-order valence-corrected chi connectivity index (χ3v) is 5.16. The number of amides is 1. The van der Waals surface area contributed by atoms with Gasteiger partial charge in [0, 0.05) is 11.3 Å². The zero-order chi connectivity index (χ0) is 21.6. The van der Waals surface area contributed by atoms with Crippen molar-refractivity contribution < 1.29 is 13.9 Å². The van der Waals surface area contributed by atoms with Crippen LogP contribution in [0.3, 0.4) is 0 Å². The molecule has 0 atom stereocenters. The molecular weight excluding hydrogens is 417 g/mol. The Kier molecular flexibility index (Phi) is 6.13. The molecule has 0 unspecified atom stereocenters. The third-order valence-electron chi connectivity index (χ3n) is 4.22. The van der Waals surface area contributed by atoms with E-state index >= 15 is 0 Å². The number of carbonyl (C=O) groups excluding carboxylic acids is 1. The van der Waals surface area contributed by atoms with Gasteiger partial charge >= 0.3 is 0 Å². The van der Waals surface area contributed by atoms with Crippen molar-refractivity contribution in [3.05, 3.63) is 84.7 Å². The number of benzene rings is 3. The fraction of sp³-hybridized carbons (Fsp3) is 0.0455. The molecule has 1 aromatic heterocycles. The van der Waals surface area contributed by atoms with Crippen LogP contribution in [0.15, 0.2) is 84.0 Å².